The van der Waals surface area contributed by atoms with Gasteiger partial charge in [0.1, 0.15) is 11.2 Å². The molecular formula is C12H12Cl2FNO2. The lowest BCUT2D eigenvalue weighted by Crippen LogP contribution is -2.42. The first-order valence-electron chi connectivity index (χ1n) is 5.56. The molecule has 1 aliphatic heterocycles. The molecule has 98 valence electrons. The molecule has 1 aromatic rings. The quantitative estimate of drug-likeness (QED) is 0.784. The van der Waals surface area contributed by atoms with Gasteiger partial charge in [-0.1, -0.05) is 23.7 Å². The minimum absolute atomic E-state index is 0.0343. The number of nitrogens with zero attached hydrogens (tertiary/aromatic N) is 1. The largest absolute Gasteiger partial charge is 0.378 e. The lowest BCUT2D eigenvalue weighted by atomic mass is 10.1. The maximum absolute atomic E-state index is 13.8. The van der Waals surface area contributed by atoms with Crippen molar-refractivity contribution in [2.75, 3.05) is 26.3 Å². The van der Waals surface area contributed by atoms with Gasteiger partial charge in [0, 0.05) is 18.7 Å². The van der Waals surface area contributed by atoms with Crippen LogP contribution < -0.4 is 0 Å². The maximum Gasteiger partial charge on any atom is 0.245 e. The van der Waals surface area contributed by atoms with Gasteiger partial charge in [0.25, 0.3) is 0 Å². The average molecular weight is 292 g/mol. The van der Waals surface area contributed by atoms with Crippen LogP contribution in [0.3, 0.4) is 0 Å². The molecule has 1 heterocycles. The third-order valence-electron chi connectivity index (χ3n) is 2.79. The number of hydrogen-bond donors (Lipinski definition) is 0. The van der Waals surface area contributed by atoms with Crippen LogP contribution in [-0.4, -0.2) is 37.1 Å². The van der Waals surface area contributed by atoms with Gasteiger partial charge in [0.2, 0.25) is 5.91 Å². The second-order valence-electron chi connectivity index (χ2n) is 3.94. The molecule has 1 fully saturated rings. The van der Waals surface area contributed by atoms with Gasteiger partial charge in [-0.05, 0) is 6.07 Å². The fraction of sp³-hybridized carbons (Fsp3) is 0.417. The SMILES string of the molecule is O=C(C(Cl)c1cccc(Cl)c1F)N1CCOCC1. The van der Waals surface area contributed by atoms with E-state index in [4.69, 9.17) is 27.9 Å². The molecule has 0 saturated carbocycles. The summed E-state index contributed by atoms with van der Waals surface area (Å²) in [6.07, 6.45) is 0. The number of alkyl halides is 1. The van der Waals surface area contributed by atoms with Crippen molar-refractivity contribution in [3.63, 3.8) is 0 Å². The predicted molar refractivity (Wildman–Crippen MR) is 67.4 cm³/mol. The summed E-state index contributed by atoms with van der Waals surface area (Å²) in [5.41, 5.74) is 0.112. The summed E-state index contributed by atoms with van der Waals surface area (Å²) in [5, 5.41) is -1.09. The Morgan fingerprint density at radius 3 is 2.72 bits per heavy atom. The Balaban J connectivity index is 2.17. The molecule has 1 aliphatic rings. The van der Waals surface area contributed by atoms with Gasteiger partial charge in [0.15, 0.2) is 0 Å². The Labute approximate surface area is 114 Å². The predicted octanol–water partition coefficient (Wildman–Crippen LogP) is 2.62. The van der Waals surface area contributed by atoms with Crippen molar-refractivity contribution in [3.8, 4) is 0 Å². The maximum atomic E-state index is 13.8. The van der Waals surface area contributed by atoms with E-state index in [1.165, 1.54) is 12.1 Å². The first-order valence-corrected chi connectivity index (χ1v) is 6.37. The topological polar surface area (TPSA) is 29.5 Å². The van der Waals surface area contributed by atoms with E-state index in [1.54, 1.807) is 11.0 Å². The first-order chi connectivity index (χ1) is 8.61. The van der Waals surface area contributed by atoms with Crippen LogP contribution >= 0.6 is 23.2 Å². The van der Waals surface area contributed by atoms with E-state index < -0.39 is 11.2 Å². The number of benzene rings is 1. The Morgan fingerprint density at radius 1 is 1.39 bits per heavy atom. The third-order valence-corrected chi connectivity index (χ3v) is 3.51. The number of amides is 1. The van der Waals surface area contributed by atoms with E-state index in [0.717, 1.165) is 0 Å². The average Bonchev–Trinajstić information content (AvgIpc) is 2.41. The minimum Gasteiger partial charge on any atom is -0.378 e. The van der Waals surface area contributed by atoms with E-state index in [1.807, 2.05) is 0 Å². The highest BCUT2D eigenvalue weighted by Gasteiger charge is 2.27. The van der Waals surface area contributed by atoms with E-state index in [0.29, 0.717) is 26.3 Å². The lowest BCUT2D eigenvalue weighted by Gasteiger charge is -2.28. The molecule has 6 heteroatoms. The van der Waals surface area contributed by atoms with Crippen LogP contribution in [0.25, 0.3) is 0 Å². The third kappa shape index (κ3) is 2.76. The van der Waals surface area contributed by atoms with Gasteiger partial charge in [0.05, 0.1) is 18.2 Å². The van der Waals surface area contributed by atoms with Crippen molar-refractivity contribution in [2.24, 2.45) is 0 Å². The Kier molecular flexibility index (Phi) is 4.43. The molecule has 1 amide bonds. The van der Waals surface area contributed by atoms with Gasteiger partial charge >= 0.3 is 0 Å². The van der Waals surface area contributed by atoms with E-state index >= 15 is 0 Å². The highest BCUT2D eigenvalue weighted by Crippen LogP contribution is 2.29. The molecule has 0 spiro atoms. The summed E-state index contributed by atoms with van der Waals surface area (Å²) in [6, 6.07) is 4.46. The van der Waals surface area contributed by atoms with Crippen LogP contribution in [-0.2, 0) is 9.53 Å². The zero-order valence-corrected chi connectivity index (χ0v) is 11.0. The van der Waals surface area contributed by atoms with Crippen molar-refractivity contribution in [2.45, 2.75) is 5.38 Å². The molecular weight excluding hydrogens is 280 g/mol. The number of halogens is 3. The summed E-state index contributed by atoms with van der Waals surface area (Å²) in [6.45, 7) is 1.91. The number of rotatable bonds is 2. The number of ether oxygens (including phenoxy) is 1. The normalized spacial score (nSPS) is 17.6. The fourth-order valence-electron chi connectivity index (χ4n) is 1.79. The molecule has 0 aliphatic carbocycles. The molecule has 3 nitrogen and oxygen atoms in total. The Hall–Kier alpha value is -0.840. The van der Waals surface area contributed by atoms with Crippen LogP contribution in [0, 0.1) is 5.82 Å². The van der Waals surface area contributed by atoms with E-state index in [2.05, 4.69) is 0 Å². The molecule has 0 bridgehead atoms. The lowest BCUT2D eigenvalue weighted by molar-refractivity contribution is -0.135. The van der Waals surface area contributed by atoms with Crippen molar-refractivity contribution >= 4 is 29.1 Å². The van der Waals surface area contributed by atoms with Crippen molar-refractivity contribution < 1.29 is 13.9 Å². The van der Waals surface area contributed by atoms with Gasteiger partial charge in [-0.3, -0.25) is 4.79 Å². The molecule has 1 aromatic carbocycles. The molecule has 1 unspecified atom stereocenters. The van der Waals surface area contributed by atoms with Gasteiger partial charge < -0.3 is 9.64 Å². The second kappa shape index (κ2) is 5.87. The summed E-state index contributed by atoms with van der Waals surface area (Å²) in [7, 11) is 0. The fourth-order valence-corrected chi connectivity index (χ4v) is 2.28. The van der Waals surface area contributed by atoms with E-state index in [-0.39, 0.29) is 16.5 Å². The number of morpholine rings is 1. The standard InChI is InChI=1S/C12H12Cl2FNO2/c13-9-3-1-2-8(11(9)15)10(14)12(17)16-4-6-18-7-5-16/h1-3,10H,4-7H2. The van der Waals surface area contributed by atoms with Crippen molar-refractivity contribution in [1.29, 1.82) is 0 Å². The van der Waals surface area contributed by atoms with Gasteiger partial charge in [-0.15, -0.1) is 11.6 Å². The highest BCUT2D eigenvalue weighted by atomic mass is 35.5. The summed E-state index contributed by atoms with van der Waals surface area (Å²) < 4.78 is 18.9. The van der Waals surface area contributed by atoms with Gasteiger partial charge in [-0.2, -0.15) is 0 Å². The molecule has 1 saturated heterocycles. The smallest absolute Gasteiger partial charge is 0.245 e. The molecule has 1 atom stereocenters. The van der Waals surface area contributed by atoms with Crippen LogP contribution in [0.5, 0.6) is 0 Å². The number of hydrogen-bond acceptors (Lipinski definition) is 2. The zero-order valence-electron chi connectivity index (χ0n) is 9.54. The molecule has 0 N–H and O–H groups in total. The summed E-state index contributed by atoms with van der Waals surface area (Å²) >= 11 is 11.7. The van der Waals surface area contributed by atoms with Crippen LogP contribution in [0.1, 0.15) is 10.9 Å². The molecule has 2 rings (SSSR count). The van der Waals surface area contributed by atoms with Crippen LogP contribution in [0.4, 0.5) is 4.39 Å². The minimum atomic E-state index is -1.05. The zero-order chi connectivity index (χ0) is 13.1. The molecule has 18 heavy (non-hydrogen) atoms. The van der Waals surface area contributed by atoms with Crippen molar-refractivity contribution in [1.82, 2.24) is 4.90 Å². The Morgan fingerprint density at radius 2 is 2.06 bits per heavy atom. The van der Waals surface area contributed by atoms with E-state index in [9.17, 15) is 9.18 Å². The number of carbonyl (C=O) groups is 1. The Bertz CT molecular complexity index is 450. The van der Waals surface area contributed by atoms with Gasteiger partial charge in [-0.25, -0.2) is 4.39 Å². The van der Waals surface area contributed by atoms with Crippen molar-refractivity contribution in [3.05, 3.63) is 34.6 Å². The first kappa shape index (κ1) is 13.6. The molecule has 0 radical (unpaired) electrons. The highest BCUT2D eigenvalue weighted by molar-refractivity contribution is 6.32. The monoisotopic (exact) mass is 291 g/mol. The van der Waals surface area contributed by atoms with Crippen LogP contribution in [0.2, 0.25) is 5.02 Å². The second-order valence-corrected chi connectivity index (χ2v) is 4.79. The number of carbonyl (C=O) groups excluding carboxylic acids is 1. The summed E-state index contributed by atoms with van der Waals surface area (Å²) in [5.74, 6) is -0.957. The summed E-state index contributed by atoms with van der Waals surface area (Å²) in [4.78, 5) is 13.7. The molecule has 0 aromatic heterocycles. The van der Waals surface area contributed by atoms with Crippen LogP contribution in [0.15, 0.2) is 18.2 Å².